The lowest BCUT2D eigenvalue weighted by molar-refractivity contribution is 0.510. The first-order valence-corrected chi connectivity index (χ1v) is 8.64. The van der Waals surface area contributed by atoms with Crippen molar-refractivity contribution in [1.29, 1.82) is 0 Å². The van der Waals surface area contributed by atoms with Gasteiger partial charge in [0, 0.05) is 23.2 Å². The zero-order chi connectivity index (χ0) is 16.2. The summed E-state index contributed by atoms with van der Waals surface area (Å²) in [7, 11) is 0. The Kier molecular flexibility index (Phi) is 5.53. The molecule has 0 fully saturated rings. The first-order chi connectivity index (χ1) is 10.3. The standard InChI is InChI=1S/C17H23N3S2/c1-13-12-18-16(22-13)20(15(21)19-17(2,3)4)11-10-14-8-6-5-7-9-14/h5-9,12H,10-11H2,1-4H3,(H,19,21). The summed E-state index contributed by atoms with van der Waals surface area (Å²) in [6.07, 6.45) is 2.83. The van der Waals surface area contributed by atoms with E-state index in [1.165, 1.54) is 10.4 Å². The summed E-state index contributed by atoms with van der Waals surface area (Å²) < 4.78 is 0. The number of rotatable bonds is 4. The number of aromatic nitrogens is 1. The van der Waals surface area contributed by atoms with Crippen LogP contribution in [0, 0.1) is 6.92 Å². The number of aryl methyl sites for hydroxylation is 1. The minimum atomic E-state index is -0.0611. The highest BCUT2D eigenvalue weighted by atomic mass is 32.1. The van der Waals surface area contributed by atoms with Gasteiger partial charge in [0.25, 0.3) is 0 Å². The van der Waals surface area contributed by atoms with Crippen molar-refractivity contribution in [2.24, 2.45) is 0 Å². The minimum absolute atomic E-state index is 0.0611. The van der Waals surface area contributed by atoms with Gasteiger partial charge in [-0.3, -0.25) is 4.90 Å². The number of nitrogens with one attached hydrogen (secondary N) is 1. The van der Waals surface area contributed by atoms with E-state index in [9.17, 15) is 0 Å². The summed E-state index contributed by atoms with van der Waals surface area (Å²) in [5.74, 6) is 0. The van der Waals surface area contributed by atoms with Crippen LogP contribution in [0.5, 0.6) is 0 Å². The maximum Gasteiger partial charge on any atom is 0.191 e. The molecule has 1 N–H and O–H groups in total. The van der Waals surface area contributed by atoms with Crippen molar-refractivity contribution in [3.05, 3.63) is 47.0 Å². The van der Waals surface area contributed by atoms with Gasteiger partial charge in [0.2, 0.25) is 0 Å². The summed E-state index contributed by atoms with van der Waals surface area (Å²) in [4.78, 5) is 7.79. The van der Waals surface area contributed by atoms with Crippen LogP contribution in [-0.2, 0) is 6.42 Å². The van der Waals surface area contributed by atoms with Gasteiger partial charge in [-0.05, 0) is 51.9 Å². The molecule has 0 spiro atoms. The molecule has 22 heavy (non-hydrogen) atoms. The Labute approximate surface area is 142 Å². The summed E-state index contributed by atoms with van der Waals surface area (Å²) in [5.41, 5.74) is 1.24. The van der Waals surface area contributed by atoms with Crippen molar-refractivity contribution in [3.8, 4) is 0 Å². The predicted octanol–water partition coefficient (Wildman–Crippen LogP) is 4.17. The molecule has 0 atom stereocenters. The van der Waals surface area contributed by atoms with Crippen LogP contribution in [0.15, 0.2) is 36.5 Å². The molecule has 0 amide bonds. The molecule has 5 heteroatoms. The zero-order valence-corrected chi connectivity index (χ0v) is 15.2. The second-order valence-corrected chi connectivity index (χ2v) is 7.92. The Balaban J connectivity index is 2.13. The molecule has 2 aromatic rings. The van der Waals surface area contributed by atoms with E-state index < -0.39 is 0 Å². The van der Waals surface area contributed by atoms with E-state index in [-0.39, 0.29) is 5.54 Å². The molecule has 3 nitrogen and oxygen atoms in total. The summed E-state index contributed by atoms with van der Waals surface area (Å²) in [5, 5.41) is 5.08. The highest BCUT2D eigenvalue weighted by molar-refractivity contribution is 7.80. The quantitative estimate of drug-likeness (QED) is 0.850. The number of thiocarbonyl (C=S) groups is 1. The van der Waals surface area contributed by atoms with Crippen molar-refractivity contribution in [2.45, 2.75) is 39.7 Å². The van der Waals surface area contributed by atoms with Crippen molar-refractivity contribution < 1.29 is 0 Å². The molecule has 0 radical (unpaired) electrons. The Hall–Kier alpha value is -1.46. The first kappa shape index (κ1) is 16.9. The van der Waals surface area contributed by atoms with Crippen LogP contribution in [0.3, 0.4) is 0 Å². The fraction of sp³-hybridized carbons (Fsp3) is 0.412. The van der Waals surface area contributed by atoms with Gasteiger partial charge in [0.05, 0.1) is 0 Å². The topological polar surface area (TPSA) is 28.2 Å². The largest absolute Gasteiger partial charge is 0.358 e. The van der Waals surface area contributed by atoms with Crippen molar-refractivity contribution in [3.63, 3.8) is 0 Å². The molecule has 1 heterocycles. The maximum absolute atomic E-state index is 5.61. The maximum atomic E-state index is 5.61. The lowest BCUT2D eigenvalue weighted by Crippen LogP contribution is -2.49. The summed E-state index contributed by atoms with van der Waals surface area (Å²) >= 11 is 7.28. The zero-order valence-electron chi connectivity index (χ0n) is 13.6. The third-order valence-electron chi connectivity index (χ3n) is 3.03. The van der Waals surface area contributed by atoms with E-state index in [0.29, 0.717) is 0 Å². The molecule has 0 aliphatic rings. The average molecular weight is 334 g/mol. The second kappa shape index (κ2) is 7.20. The lowest BCUT2D eigenvalue weighted by atomic mass is 10.1. The van der Waals surface area contributed by atoms with Gasteiger partial charge in [0.15, 0.2) is 10.2 Å². The molecule has 1 aromatic carbocycles. The molecule has 2 rings (SSSR count). The van der Waals surface area contributed by atoms with Gasteiger partial charge in [0.1, 0.15) is 0 Å². The minimum Gasteiger partial charge on any atom is -0.358 e. The Morgan fingerprint density at radius 2 is 1.95 bits per heavy atom. The summed E-state index contributed by atoms with van der Waals surface area (Å²) in [6, 6.07) is 10.5. The molecule has 118 valence electrons. The number of hydrogen-bond donors (Lipinski definition) is 1. The van der Waals surface area contributed by atoms with Crippen molar-refractivity contribution >= 4 is 33.8 Å². The Morgan fingerprint density at radius 3 is 2.50 bits per heavy atom. The van der Waals surface area contributed by atoms with Gasteiger partial charge in [-0.2, -0.15) is 0 Å². The molecule has 0 aliphatic heterocycles. The highest BCUT2D eigenvalue weighted by Crippen LogP contribution is 2.22. The first-order valence-electron chi connectivity index (χ1n) is 7.41. The van der Waals surface area contributed by atoms with Gasteiger partial charge in [-0.15, -0.1) is 11.3 Å². The molecule has 0 bridgehead atoms. The lowest BCUT2D eigenvalue weighted by Gasteiger charge is -2.29. The average Bonchev–Trinajstić information content (AvgIpc) is 2.84. The number of benzene rings is 1. The number of anilines is 1. The SMILES string of the molecule is Cc1cnc(N(CCc2ccccc2)C(=S)NC(C)(C)C)s1. The van der Waals surface area contributed by atoms with E-state index in [4.69, 9.17) is 12.2 Å². The smallest absolute Gasteiger partial charge is 0.191 e. The van der Waals surface area contributed by atoms with E-state index in [1.807, 2.05) is 12.3 Å². The van der Waals surface area contributed by atoms with Gasteiger partial charge in [-0.25, -0.2) is 4.98 Å². The van der Waals surface area contributed by atoms with Gasteiger partial charge >= 0.3 is 0 Å². The van der Waals surface area contributed by atoms with Crippen molar-refractivity contribution in [1.82, 2.24) is 10.3 Å². The summed E-state index contributed by atoms with van der Waals surface area (Å²) in [6.45, 7) is 9.22. The van der Waals surface area contributed by atoms with Crippen molar-refractivity contribution in [2.75, 3.05) is 11.4 Å². The highest BCUT2D eigenvalue weighted by Gasteiger charge is 2.19. The molecule has 1 aromatic heterocycles. The van der Waals surface area contributed by atoms with Crippen LogP contribution >= 0.6 is 23.6 Å². The fourth-order valence-electron chi connectivity index (χ4n) is 2.03. The number of thiazole rings is 1. The molecule has 0 saturated carbocycles. The molecular formula is C17H23N3S2. The molecule has 0 saturated heterocycles. The Bertz CT molecular complexity index is 614. The monoisotopic (exact) mass is 333 g/mol. The van der Waals surface area contributed by atoms with Crippen LogP contribution in [0.2, 0.25) is 0 Å². The van der Waals surface area contributed by atoms with Crippen LogP contribution in [-0.4, -0.2) is 22.2 Å². The molecular weight excluding hydrogens is 310 g/mol. The fourth-order valence-corrected chi connectivity index (χ4v) is 3.36. The van der Waals surface area contributed by atoms with Gasteiger partial charge < -0.3 is 5.32 Å². The molecule has 0 unspecified atom stereocenters. The van der Waals surface area contributed by atoms with Crippen LogP contribution in [0.1, 0.15) is 31.2 Å². The number of nitrogens with zero attached hydrogens (tertiary/aromatic N) is 2. The van der Waals surface area contributed by atoms with Crippen LogP contribution in [0.25, 0.3) is 0 Å². The third kappa shape index (κ3) is 5.07. The Morgan fingerprint density at radius 1 is 1.27 bits per heavy atom. The van der Waals surface area contributed by atoms with E-state index in [2.05, 4.69) is 67.2 Å². The van der Waals surface area contributed by atoms with Crippen LogP contribution < -0.4 is 10.2 Å². The van der Waals surface area contributed by atoms with E-state index >= 15 is 0 Å². The second-order valence-electron chi connectivity index (χ2n) is 6.32. The van der Waals surface area contributed by atoms with E-state index in [1.54, 1.807) is 11.3 Å². The third-order valence-corrected chi connectivity index (χ3v) is 4.29. The van der Waals surface area contributed by atoms with E-state index in [0.717, 1.165) is 23.2 Å². The number of hydrogen-bond acceptors (Lipinski definition) is 3. The molecule has 0 aliphatic carbocycles. The van der Waals surface area contributed by atoms with Gasteiger partial charge in [-0.1, -0.05) is 30.3 Å². The predicted molar refractivity (Wildman–Crippen MR) is 99.8 cm³/mol. The normalized spacial score (nSPS) is 11.3. The van der Waals surface area contributed by atoms with Crippen LogP contribution in [0.4, 0.5) is 5.13 Å².